The Bertz CT molecular complexity index is 260. The van der Waals surface area contributed by atoms with Crippen LogP contribution >= 0.6 is 0 Å². The molecule has 2 rings (SSSR count). The van der Waals surface area contributed by atoms with Gasteiger partial charge in [0, 0.05) is 12.1 Å². The van der Waals surface area contributed by atoms with Crippen LogP contribution in [0.1, 0.15) is 72.1 Å². The summed E-state index contributed by atoms with van der Waals surface area (Å²) in [6.07, 6.45) is 10.3. The first-order valence-electron chi connectivity index (χ1n) is 7.86. The number of hydrogen-bond acceptors (Lipinski definition) is 2. The Morgan fingerprint density at radius 2 is 1.89 bits per heavy atom. The third-order valence-electron chi connectivity index (χ3n) is 5.66. The summed E-state index contributed by atoms with van der Waals surface area (Å²) < 4.78 is 5.76. The van der Waals surface area contributed by atoms with Crippen LogP contribution < -0.4 is 5.73 Å². The Morgan fingerprint density at radius 1 is 1.22 bits per heavy atom. The maximum absolute atomic E-state index is 6.61. The van der Waals surface area contributed by atoms with Gasteiger partial charge in [0.15, 0.2) is 0 Å². The second-order valence-corrected chi connectivity index (χ2v) is 7.32. The van der Waals surface area contributed by atoms with E-state index in [0.717, 1.165) is 18.9 Å². The molecule has 1 unspecified atom stereocenters. The summed E-state index contributed by atoms with van der Waals surface area (Å²) in [5, 5.41) is 0. The van der Waals surface area contributed by atoms with Crippen LogP contribution in [-0.4, -0.2) is 18.2 Å². The second kappa shape index (κ2) is 5.50. The molecule has 18 heavy (non-hydrogen) atoms. The van der Waals surface area contributed by atoms with Crippen molar-refractivity contribution in [1.82, 2.24) is 0 Å². The van der Waals surface area contributed by atoms with Crippen molar-refractivity contribution in [1.29, 1.82) is 0 Å². The van der Waals surface area contributed by atoms with E-state index < -0.39 is 0 Å². The molecule has 0 amide bonds. The molecular formula is C16H31NO. The van der Waals surface area contributed by atoms with Crippen LogP contribution in [0.15, 0.2) is 0 Å². The van der Waals surface area contributed by atoms with Gasteiger partial charge in [0.2, 0.25) is 0 Å². The van der Waals surface area contributed by atoms with E-state index in [1.807, 2.05) is 0 Å². The average molecular weight is 253 g/mol. The lowest BCUT2D eigenvalue weighted by Gasteiger charge is -2.44. The molecule has 1 aliphatic carbocycles. The minimum Gasteiger partial charge on any atom is -0.378 e. The molecule has 0 aromatic rings. The van der Waals surface area contributed by atoms with Crippen molar-refractivity contribution in [2.75, 3.05) is 6.61 Å². The van der Waals surface area contributed by atoms with Gasteiger partial charge in [0.05, 0.1) is 6.10 Å². The molecule has 0 spiro atoms. The van der Waals surface area contributed by atoms with Crippen LogP contribution in [0, 0.1) is 11.3 Å². The van der Waals surface area contributed by atoms with Gasteiger partial charge in [0.25, 0.3) is 0 Å². The quantitative estimate of drug-likeness (QED) is 0.825. The molecule has 0 bridgehead atoms. The van der Waals surface area contributed by atoms with E-state index in [-0.39, 0.29) is 5.54 Å². The SMILES string of the molecule is CCC(C)(C)C1CCC(N)(CC2CCCO2)CC1. The van der Waals surface area contributed by atoms with Crippen LogP contribution in [0.25, 0.3) is 0 Å². The first kappa shape index (κ1) is 14.3. The highest BCUT2D eigenvalue weighted by atomic mass is 16.5. The van der Waals surface area contributed by atoms with Crippen molar-refractivity contribution in [3.63, 3.8) is 0 Å². The predicted octanol–water partition coefficient (Wildman–Crippen LogP) is 3.88. The summed E-state index contributed by atoms with van der Waals surface area (Å²) >= 11 is 0. The average Bonchev–Trinajstić information content (AvgIpc) is 2.82. The highest BCUT2D eigenvalue weighted by molar-refractivity contribution is 4.95. The minimum absolute atomic E-state index is 0.0648. The summed E-state index contributed by atoms with van der Waals surface area (Å²) in [6.45, 7) is 8.10. The van der Waals surface area contributed by atoms with E-state index >= 15 is 0 Å². The van der Waals surface area contributed by atoms with E-state index in [4.69, 9.17) is 10.5 Å². The summed E-state index contributed by atoms with van der Waals surface area (Å²) in [4.78, 5) is 0. The Balaban J connectivity index is 1.84. The minimum atomic E-state index is 0.0648. The molecule has 1 saturated carbocycles. The Kier molecular flexibility index (Phi) is 4.38. The highest BCUT2D eigenvalue weighted by Gasteiger charge is 2.39. The molecule has 0 radical (unpaired) electrons. The van der Waals surface area contributed by atoms with Crippen LogP contribution in [-0.2, 0) is 4.74 Å². The lowest BCUT2D eigenvalue weighted by molar-refractivity contribution is 0.0543. The first-order chi connectivity index (χ1) is 8.45. The van der Waals surface area contributed by atoms with Crippen molar-refractivity contribution < 1.29 is 4.74 Å². The van der Waals surface area contributed by atoms with Gasteiger partial charge >= 0.3 is 0 Å². The topological polar surface area (TPSA) is 35.2 Å². The third kappa shape index (κ3) is 3.27. The standard InChI is InChI=1S/C16H31NO/c1-4-15(2,3)13-7-9-16(17,10-8-13)12-14-6-5-11-18-14/h13-14H,4-12,17H2,1-3H3. The van der Waals surface area contributed by atoms with Gasteiger partial charge in [-0.25, -0.2) is 0 Å². The van der Waals surface area contributed by atoms with E-state index in [9.17, 15) is 0 Å². The van der Waals surface area contributed by atoms with Crippen molar-refractivity contribution in [3.05, 3.63) is 0 Å². The van der Waals surface area contributed by atoms with E-state index in [2.05, 4.69) is 20.8 Å². The number of hydrogen-bond donors (Lipinski definition) is 1. The van der Waals surface area contributed by atoms with E-state index in [0.29, 0.717) is 11.5 Å². The molecule has 1 saturated heterocycles. The normalized spacial score (nSPS) is 38.0. The molecule has 2 nitrogen and oxygen atoms in total. The van der Waals surface area contributed by atoms with Gasteiger partial charge < -0.3 is 10.5 Å². The second-order valence-electron chi connectivity index (χ2n) is 7.32. The van der Waals surface area contributed by atoms with Gasteiger partial charge in [-0.2, -0.15) is 0 Å². The Labute approximate surface area is 113 Å². The summed E-state index contributed by atoms with van der Waals surface area (Å²) in [6, 6.07) is 0. The Hall–Kier alpha value is -0.0800. The largest absolute Gasteiger partial charge is 0.378 e. The first-order valence-corrected chi connectivity index (χ1v) is 7.86. The number of rotatable bonds is 4. The maximum Gasteiger partial charge on any atom is 0.0593 e. The predicted molar refractivity (Wildman–Crippen MR) is 76.5 cm³/mol. The van der Waals surface area contributed by atoms with Crippen LogP contribution in [0.5, 0.6) is 0 Å². The third-order valence-corrected chi connectivity index (χ3v) is 5.66. The van der Waals surface area contributed by atoms with Crippen molar-refractivity contribution in [2.24, 2.45) is 17.1 Å². The van der Waals surface area contributed by atoms with Gasteiger partial charge in [-0.15, -0.1) is 0 Å². The molecular weight excluding hydrogens is 222 g/mol. The Morgan fingerprint density at radius 3 is 2.39 bits per heavy atom. The number of nitrogens with two attached hydrogens (primary N) is 1. The van der Waals surface area contributed by atoms with E-state index in [1.165, 1.54) is 44.9 Å². The van der Waals surface area contributed by atoms with Crippen LogP contribution in [0.4, 0.5) is 0 Å². The molecule has 1 heterocycles. The molecule has 106 valence electrons. The van der Waals surface area contributed by atoms with Gasteiger partial charge in [0.1, 0.15) is 0 Å². The van der Waals surface area contributed by atoms with Gasteiger partial charge in [-0.05, 0) is 56.3 Å². The molecule has 2 heteroatoms. The van der Waals surface area contributed by atoms with Crippen molar-refractivity contribution >= 4 is 0 Å². The summed E-state index contributed by atoms with van der Waals surface area (Å²) in [5.41, 5.74) is 7.16. The highest BCUT2D eigenvalue weighted by Crippen LogP contribution is 2.44. The zero-order valence-corrected chi connectivity index (χ0v) is 12.5. The molecule has 2 fully saturated rings. The fourth-order valence-corrected chi connectivity index (χ4v) is 3.73. The fraction of sp³-hybridized carbons (Fsp3) is 1.00. The zero-order chi connectivity index (χ0) is 13.2. The van der Waals surface area contributed by atoms with Gasteiger partial charge in [-0.3, -0.25) is 0 Å². The smallest absolute Gasteiger partial charge is 0.0593 e. The fourth-order valence-electron chi connectivity index (χ4n) is 3.73. The van der Waals surface area contributed by atoms with Crippen molar-refractivity contribution in [3.8, 4) is 0 Å². The molecule has 0 aromatic heterocycles. The number of ether oxygens (including phenoxy) is 1. The van der Waals surface area contributed by atoms with Crippen LogP contribution in [0.2, 0.25) is 0 Å². The van der Waals surface area contributed by atoms with E-state index in [1.54, 1.807) is 0 Å². The molecule has 1 aliphatic heterocycles. The van der Waals surface area contributed by atoms with Crippen molar-refractivity contribution in [2.45, 2.75) is 83.8 Å². The zero-order valence-electron chi connectivity index (χ0n) is 12.5. The lowest BCUT2D eigenvalue weighted by Crippen LogP contribution is -2.47. The monoisotopic (exact) mass is 253 g/mol. The van der Waals surface area contributed by atoms with Gasteiger partial charge in [-0.1, -0.05) is 27.2 Å². The molecule has 2 aliphatic rings. The molecule has 0 aromatic carbocycles. The van der Waals surface area contributed by atoms with Crippen LogP contribution in [0.3, 0.4) is 0 Å². The lowest BCUT2D eigenvalue weighted by atomic mass is 9.65. The maximum atomic E-state index is 6.61. The molecule has 2 N–H and O–H groups in total. The summed E-state index contributed by atoms with van der Waals surface area (Å²) in [5.74, 6) is 0.865. The summed E-state index contributed by atoms with van der Waals surface area (Å²) in [7, 11) is 0. The molecule has 1 atom stereocenters.